The highest BCUT2D eigenvalue weighted by atomic mass is 19.4. The van der Waals surface area contributed by atoms with Gasteiger partial charge in [-0.05, 0) is 29.8 Å². The fourth-order valence-electron chi connectivity index (χ4n) is 2.83. The van der Waals surface area contributed by atoms with Gasteiger partial charge in [-0.1, -0.05) is 12.1 Å². The number of amides is 1. The van der Waals surface area contributed by atoms with Crippen LogP contribution < -0.4 is 5.32 Å². The van der Waals surface area contributed by atoms with Crippen molar-refractivity contribution in [2.24, 2.45) is 0 Å². The predicted octanol–water partition coefficient (Wildman–Crippen LogP) is 4.29. The van der Waals surface area contributed by atoms with Crippen molar-refractivity contribution < 1.29 is 31.1 Å². The monoisotopic (exact) mass is 428 g/mol. The molecule has 158 valence electrons. The highest BCUT2D eigenvalue weighted by molar-refractivity contribution is 5.79. The van der Waals surface area contributed by atoms with Crippen LogP contribution in [0, 0.1) is 0 Å². The first-order chi connectivity index (χ1) is 14.1. The number of halogens is 6. The van der Waals surface area contributed by atoms with E-state index in [1.165, 1.54) is 12.5 Å². The lowest BCUT2D eigenvalue weighted by Gasteiger charge is -2.22. The van der Waals surface area contributed by atoms with E-state index in [4.69, 9.17) is 0 Å². The molecule has 0 aliphatic heterocycles. The van der Waals surface area contributed by atoms with E-state index in [1.807, 2.05) is 0 Å². The van der Waals surface area contributed by atoms with E-state index < -0.39 is 41.1 Å². The molecule has 2 aromatic heterocycles. The Morgan fingerprint density at radius 3 is 2.27 bits per heavy atom. The normalized spacial score (nSPS) is 13.1. The number of benzene rings is 1. The van der Waals surface area contributed by atoms with Crippen LogP contribution in [-0.2, 0) is 23.6 Å². The third-order valence-electron chi connectivity index (χ3n) is 4.19. The van der Waals surface area contributed by atoms with Crippen LogP contribution in [0.5, 0.6) is 0 Å². The largest absolute Gasteiger partial charge is 0.418 e. The van der Waals surface area contributed by atoms with Crippen LogP contribution in [-0.4, -0.2) is 20.9 Å². The number of hydrogen-bond donors (Lipinski definition) is 2. The number of aromatic nitrogens is 3. The van der Waals surface area contributed by atoms with Gasteiger partial charge in [0.05, 0.1) is 41.3 Å². The number of aromatic amines is 1. The maximum absolute atomic E-state index is 13.5. The van der Waals surface area contributed by atoms with Gasteiger partial charge in [-0.2, -0.15) is 26.3 Å². The van der Waals surface area contributed by atoms with Crippen LogP contribution >= 0.6 is 0 Å². The third kappa shape index (κ3) is 4.97. The van der Waals surface area contributed by atoms with Crippen molar-refractivity contribution in [1.29, 1.82) is 0 Å². The third-order valence-corrected chi connectivity index (χ3v) is 4.19. The van der Waals surface area contributed by atoms with Gasteiger partial charge in [-0.25, -0.2) is 4.98 Å². The van der Waals surface area contributed by atoms with Gasteiger partial charge in [0.2, 0.25) is 5.91 Å². The fraction of sp³-hybridized carbons (Fsp3) is 0.211. The quantitative estimate of drug-likeness (QED) is 0.596. The van der Waals surface area contributed by atoms with Gasteiger partial charge in [0.1, 0.15) is 0 Å². The summed E-state index contributed by atoms with van der Waals surface area (Å²) in [5.74, 6) is -0.675. The number of nitrogens with zero attached hydrogens (tertiary/aromatic N) is 2. The average molecular weight is 428 g/mol. The summed E-state index contributed by atoms with van der Waals surface area (Å²) >= 11 is 0. The molecule has 0 spiro atoms. The second-order valence-electron chi connectivity index (χ2n) is 6.29. The number of imidazole rings is 1. The van der Waals surface area contributed by atoms with Gasteiger partial charge >= 0.3 is 12.4 Å². The summed E-state index contributed by atoms with van der Waals surface area (Å²) in [6, 6.07) is 3.95. The Labute approximate surface area is 166 Å². The summed E-state index contributed by atoms with van der Waals surface area (Å²) in [6.45, 7) is 0. The van der Waals surface area contributed by atoms with Gasteiger partial charge in [0.15, 0.2) is 0 Å². The summed E-state index contributed by atoms with van der Waals surface area (Å²) in [7, 11) is 0. The molecule has 30 heavy (non-hydrogen) atoms. The molecule has 0 aliphatic rings. The SMILES string of the molecule is O=C(Cc1c[nH]cn1)NC(c1ccc(C(F)(F)F)cc1)c1ncccc1C(F)(F)F. The van der Waals surface area contributed by atoms with Crippen molar-refractivity contribution in [2.75, 3.05) is 0 Å². The first-order valence-corrected chi connectivity index (χ1v) is 8.52. The van der Waals surface area contributed by atoms with Crippen LogP contribution in [0.15, 0.2) is 55.1 Å². The Morgan fingerprint density at radius 1 is 1.00 bits per heavy atom. The molecule has 5 nitrogen and oxygen atoms in total. The molecule has 3 rings (SSSR count). The number of carbonyl (C=O) groups is 1. The smallest absolute Gasteiger partial charge is 0.351 e. The van der Waals surface area contributed by atoms with E-state index >= 15 is 0 Å². The minimum absolute atomic E-state index is 0.0163. The van der Waals surface area contributed by atoms with Gasteiger partial charge < -0.3 is 10.3 Å². The van der Waals surface area contributed by atoms with Crippen LogP contribution in [0.25, 0.3) is 0 Å². The van der Waals surface area contributed by atoms with Crippen LogP contribution in [0.1, 0.15) is 34.1 Å². The zero-order chi connectivity index (χ0) is 21.9. The topological polar surface area (TPSA) is 70.7 Å². The van der Waals surface area contributed by atoms with E-state index in [0.717, 1.165) is 42.6 Å². The number of alkyl halides is 6. The number of rotatable bonds is 5. The predicted molar refractivity (Wildman–Crippen MR) is 93.0 cm³/mol. The van der Waals surface area contributed by atoms with Crippen molar-refractivity contribution in [3.63, 3.8) is 0 Å². The molecule has 0 saturated carbocycles. The molecule has 1 amide bonds. The number of nitrogens with one attached hydrogen (secondary N) is 2. The van der Waals surface area contributed by atoms with Gasteiger partial charge in [0.25, 0.3) is 0 Å². The molecule has 11 heteroatoms. The molecule has 0 fully saturated rings. The Bertz CT molecular complexity index is 997. The minimum atomic E-state index is -4.78. The molecule has 1 aromatic carbocycles. The van der Waals surface area contributed by atoms with Crippen LogP contribution in [0.4, 0.5) is 26.3 Å². The lowest BCUT2D eigenvalue weighted by Crippen LogP contribution is -2.32. The maximum atomic E-state index is 13.5. The summed E-state index contributed by atoms with van der Waals surface area (Å²) in [5, 5.41) is 2.42. The molecule has 2 N–H and O–H groups in total. The first kappa shape index (κ1) is 21.3. The summed E-state index contributed by atoms with van der Waals surface area (Å²) < 4.78 is 79.0. The second-order valence-corrected chi connectivity index (χ2v) is 6.29. The average Bonchev–Trinajstić information content (AvgIpc) is 3.18. The Morgan fingerprint density at radius 2 is 1.70 bits per heavy atom. The zero-order valence-corrected chi connectivity index (χ0v) is 15.1. The van der Waals surface area contributed by atoms with Crippen molar-refractivity contribution in [1.82, 2.24) is 20.3 Å². The molecule has 0 radical (unpaired) electrons. The van der Waals surface area contributed by atoms with E-state index in [0.29, 0.717) is 5.69 Å². The standard InChI is InChI=1S/C19H14F6N4O/c20-18(21,22)12-5-3-11(4-6-12)16(29-15(30)8-13-9-26-10-28-13)17-14(19(23,24)25)2-1-7-27-17/h1-7,9-10,16H,8H2,(H,26,28)(H,29,30). The number of H-pyrrole nitrogens is 1. The van der Waals surface area contributed by atoms with Crippen molar-refractivity contribution in [3.05, 3.63) is 83.2 Å². The molecule has 1 unspecified atom stereocenters. The molecular weight excluding hydrogens is 414 g/mol. The van der Waals surface area contributed by atoms with Gasteiger partial charge in [-0.15, -0.1) is 0 Å². The lowest BCUT2D eigenvalue weighted by atomic mass is 9.97. The molecule has 1 atom stereocenters. The van der Waals surface area contributed by atoms with E-state index in [-0.39, 0.29) is 12.0 Å². The van der Waals surface area contributed by atoms with Gasteiger partial charge in [0, 0.05) is 12.4 Å². The lowest BCUT2D eigenvalue weighted by molar-refractivity contribution is -0.139. The molecule has 3 aromatic rings. The van der Waals surface area contributed by atoms with Crippen molar-refractivity contribution in [2.45, 2.75) is 24.8 Å². The van der Waals surface area contributed by atoms with Crippen LogP contribution in [0.3, 0.4) is 0 Å². The Kier molecular flexibility index (Phi) is 5.81. The van der Waals surface area contributed by atoms with Gasteiger partial charge in [-0.3, -0.25) is 9.78 Å². The van der Waals surface area contributed by atoms with E-state index in [1.54, 1.807) is 0 Å². The molecule has 0 bridgehead atoms. The highest BCUT2D eigenvalue weighted by Crippen LogP contribution is 2.36. The number of pyridine rings is 1. The number of hydrogen-bond acceptors (Lipinski definition) is 3. The Balaban J connectivity index is 2.00. The van der Waals surface area contributed by atoms with Crippen molar-refractivity contribution >= 4 is 5.91 Å². The Hall–Kier alpha value is -3.37. The zero-order valence-electron chi connectivity index (χ0n) is 15.1. The van der Waals surface area contributed by atoms with E-state index in [2.05, 4.69) is 20.3 Å². The second kappa shape index (κ2) is 8.17. The summed E-state index contributed by atoms with van der Waals surface area (Å²) in [6.07, 6.45) is -5.75. The first-order valence-electron chi connectivity index (χ1n) is 8.52. The maximum Gasteiger partial charge on any atom is 0.418 e. The fourth-order valence-corrected chi connectivity index (χ4v) is 2.83. The number of carbonyl (C=O) groups excluding carboxylic acids is 1. The van der Waals surface area contributed by atoms with Crippen LogP contribution in [0.2, 0.25) is 0 Å². The van der Waals surface area contributed by atoms with Crippen molar-refractivity contribution in [3.8, 4) is 0 Å². The summed E-state index contributed by atoms with van der Waals surface area (Å²) in [4.78, 5) is 22.7. The highest BCUT2D eigenvalue weighted by Gasteiger charge is 2.37. The molecular formula is C19H14F6N4O. The molecule has 0 saturated heterocycles. The minimum Gasteiger partial charge on any atom is -0.351 e. The molecule has 2 heterocycles. The van der Waals surface area contributed by atoms with E-state index in [9.17, 15) is 31.1 Å². The summed E-state index contributed by atoms with van der Waals surface area (Å²) in [5.41, 5.74) is -2.24. The molecule has 0 aliphatic carbocycles.